The van der Waals surface area contributed by atoms with Crippen LogP contribution in [0.1, 0.15) is 83.1 Å². The lowest BCUT2D eigenvalue weighted by Crippen LogP contribution is -2.48. The van der Waals surface area contributed by atoms with Gasteiger partial charge in [0.2, 0.25) is 0 Å². The molecule has 24 heavy (non-hydrogen) atoms. The molecule has 1 unspecified atom stereocenters. The predicted molar refractivity (Wildman–Crippen MR) is 119 cm³/mol. The van der Waals surface area contributed by atoms with Crippen LogP contribution in [-0.4, -0.2) is 19.5 Å². The monoisotopic (exact) mass is 400 g/mol. The summed E-state index contributed by atoms with van der Waals surface area (Å²) in [7, 11) is 2.23. The van der Waals surface area contributed by atoms with Gasteiger partial charge < -0.3 is 0 Å². The van der Waals surface area contributed by atoms with E-state index in [1.165, 1.54) is 0 Å². The Labute approximate surface area is 155 Å². The van der Waals surface area contributed by atoms with Gasteiger partial charge >= 0.3 is 0 Å². The molecule has 6 atom stereocenters. The lowest BCUT2D eigenvalue weighted by Gasteiger charge is -2.65. The Bertz CT molecular complexity index is 666. The molecule has 3 saturated heterocycles. The van der Waals surface area contributed by atoms with E-state index in [1.54, 1.807) is 0 Å². The number of rotatable bonds is 0. The Morgan fingerprint density at radius 3 is 1.46 bits per heavy atom. The third-order valence-electron chi connectivity index (χ3n) is 6.81. The van der Waals surface area contributed by atoms with Gasteiger partial charge in [0.1, 0.15) is 0 Å². The summed E-state index contributed by atoms with van der Waals surface area (Å²) in [5.41, 5.74) is 1.90. The fraction of sp³-hybridized carbons (Fsp3) is 0.950. The van der Waals surface area contributed by atoms with Crippen LogP contribution in [0.15, 0.2) is 0 Å². The fourth-order valence-corrected chi connectivity index (χ4v) is 42.2. The first-order valence-corrected chi connectivity index (χ1v) is 15.1. The van der Waals surface area contributed by atoms with E-state index in [0.29, 0.717) is 21.7 Å². The lowest BCUT2D eigenvalue weighted by molar-refractivity contribution is 0.295. The van der Waals surface area contributed by atoms with Crippen molar-refractivity contribution in [3.63, 3.8) is 0 Å². The quantitative estimate of drug-likeness (QED) is 0.357. The van der Waals surface area contributed by atoms with Crippen LogP contribution in [0.3, 0.4) is 0 Å². The van der Waals surface area contributed by atoms with Gasteiger partial charge in [-0.3, -0.25) is 0 Å². The van der Waals surface area contributed by atoms with Crippen molar-refractivity contribution in [2.45, 2.75) is 97.5 Å². The molecule has 0 radical (unpaired) electrons. The molecular weight excluding hydrogens is 364 g/mol. The minimum Gasteiger partial charge on any atom is -0.0690 e. The molecule has 0 saturated carbocycles. The van der Waals surface area contributed by atoms with Crippen LogP contribution >= 0.6 is 31.3 Å². The molecule has 0 amide bonds. The molecule has 3 fully saturated rings. The largest absolute Gasteiger partial charge is 0.0690 e. The molecule has 0 spiro atoms. The van der Waals surface area contributed by atoms with Crippen LogP contribution < -0.4 is 0 Å². The van der Waals surface area contributed by atoms with Crippen molar-refractivity contribution in [1.29, 1.82) is 0 Å². The number of hydrogen-bond donors (Lipinski definition) is 0. The highest BCUT2D eigenvalue weighted by Gasteiger charge is 3.12. The average Bonchev–Trinajstić information content (AvgIpc) is 2.56. The summed E-state index contributed by atoms with van der Waals surface area (Å²) in [6.07, 6.45) is 0. The molecule has 0 bridgehead atoms. The Hall–Kier alpha value is 1.46. The fourth-order valence-electron chi connectivity index (χ4n) is 6.36. The highest BCUT2D eigenvalue weighted by Crippen LogP contribution is 3.38. The molecule has 0 aromatic rings. The molecule has 4 heteroatoms. The van der Waals surface area contributed by atoms with Crippen molar-refractivity contribution in [1.82, 2.24) is 0 Å². The molecule has 4 aliphatic rings. The second-order valence-electron chi connectivity index (χ2n) is 12.4. The van der Waals surface area contributed by atoms with Gasteiger partial charge in [-0.25, -0.2) is 0 Å². The van der Waals surface area contributed by atoms with Crippen LogP contribution in [0.25, 0.3) is 0 Å². The van der Waals surface area contributed by atoms with E-state index < -0.39 is 0 Å². The zero-order valence-corrected chi connectivity index (χ0v) is 21.4. The molecule has 4 rings (SSSR count). The summed E-state index contributed by atoms with van der Waals surface area (Å²) < 4.78 is 0.776. The summed E-state index contributed by atoms with van der Waals surface area (Å²) in [6.45, 7) is 30.9. The normalized spacial score (nSPS) is 49.8. The maximum atomic E-state index is 2.60. The van der Waals surface area contributed by atoms with Crippen LogP contribution in [0.5, 0.6) is 0 Å². The minimum absolute atomic E-state index is 0.0572. The van der Waals surface area contributed by atoms with E-state index in [-0.39, 0.29) is 23.5 Å². The third kappa shape index (κ3) is 1.41. The van der Waals surface area contributed by atoms with E-state index in [1.807, 2.05) is 12.9 Å². The van der Waals surface area contributed by atoms with E-state index >= 15 is 0 Å². The Morgan fingerprint density at radius 1 is 0.667 bits per heavy atom. The van der Waals surface area contributed by atoms with Crippen LogP contribution in [0, 0.1) is 21.7 Å². The third-order valence-corrected chi connectivity index (χ3v) is 31.5. The zero-order chi connectivity index (χ0) is 18.5. The first-order chi connectivity index (χ1) is 10.5. The Morgan fingerprint density at radius 2 is 1.12 bits per heavy atom. The van der Waals surface area contributed by atoms with Crippen molar-refractivity contribution >= 4 is 36.4 Å². The van der Waals surface area contributed by atoms with Gasteiger partial charge in [-0.2, -0.15) is 0 Å². The van der Waals surface area contributed by atoms with Crippen molar-refractivity contribution in [3.05, 3.63) is 0 Å². The van der Waals surface area contributed by atoms with E-state index in [9.17, 15) is 0 Å². The smallest absolute Gasteiger partial charge is 0.0504 e. The van der Waals surface area contributed by atoms with E-state index in [4.69, 9.17) is 0 Å². The highest BCUT2D eigenvalue weighted by atomic mass is 32.0. The van der Waals surface area contributed by atoms with Crippen LogP contribution in [0.4, 0.5) is 0 Å². The van der Waals surface area contributed by atoms with Gasteiger partial charge in [0.15, 0.2) is 0 Å². The molecule has 0 aliphatic carbocycles. The van der Waals surface area contributed by atoms with Crippen molar-refractivity contribution < 1.29 is 0 Å². The summed E-state index contributed by atoms with van der Waals surface area (Å²) in [5, 5.41) is 2.00. The number of fused-ring (bicyclic) bond motifs is 3. The number of hydrogen-bond acceptors (Lipinski definition) is 0. The van der Waals surface area contributed by atoms with Gasteiger partial charge in [-0.1, -0.05) is 98.9 Å². The molecule has 0 nitrogen and oxygen atoms in total. The second-order valence-corrected chi connectivity index (χ2v) is 24.1. The summed E-state index contributed by atoms with van der Waals surface area (Å²) in [5.74, 6) is 0. The van der Waals surface area contributed by atoms with Gasteiger partial charge in [-0.15, -0.1) is 0 Å². The standard InChI is InChI=1S/C20H36P4/c1-14(2,3)13-21-24-19(16(7,8)9)18(15(4,5)6)22(13)20(24,23(18)19)17(10,11)12/h1-12H3/t18-,19-,20+,22-,23?,24+/m1/s1. The molecule has 4 heterocycles. The Balaban J connectivity index is 1.99. The van der Waals surface area contributed by atoms with Crippen LogP contribution in [-0.2, 0) is 0 Å². The Kier molecular flexibility index (Phi) is 3.31. The first kappa shape index (κ1) is 18.8. The molecule has 0 aromatic heterocycles. The van der Waals surface area contributed by atoms with Gasteiger partial charge in [0.05, 0.1) is 4.64 Å². The van der Waals surface area contributed by atoms with E-state index in [2.05, 4.69) is 83.1 Å². The summed E-state index contributed by atoms with van der Waals surface area (Å²) in [6, 6.07) is 0. The predicted octanol–water partition coefficient (Wildman–Crippen LogP) is 8.71. The lowest BCUT2D eigenvalue weighted by atomic mass is 9.80. The first-order valence-electron chi connectivity index (χ1n) is 9.46. The molecule has 0 N–H and O–H groups in total. The SMILES string of the molecule is CC(C)(C)C1=P[P@]2[C@]3(C(C)(C)C)P4[C@@](C(C)(C)C)([P@@]13)[C@]42C(C)(C)C. The zero-order valence-electron chi connectivity index (χ0n) is 17.8. The summed E-state index contributed by atoms with van der Waals surface area (Å²) >= 11 is 0. The van der Waals surface area contributed by atoms with Crippen molar-refractivity contribution in [3.8, 4) is 0 Å². The van der Waals surface area contributed by atoms with Gasteiger partial charge in [-0.05, 0) is 42.2 Å². The molecule has 4 aliphatic heterocycles. The maximum Gasteiger partial charge on any atom is 0.0504 e. The maximum absolute atomic E-state index is 2.60. The van der Waals surface area contributed by atoms with Crippen LogP contribution in [0.2, 0.25) is 0 Å². The highest BCUT2D eigenvalue weighted by molar-refractivity contribution is 8.51. The molecular formula is C20H36P4. The molecule has 0 aromatic carbocycles. The van der Waals surface area contributed by atoms with Gasteiger partial charge in [0, 0.05) is 9.79 Å². The van der Waals surface area contributed by atoms with Gasteiger partial charge in [0.25, 0.3) is 0 Å². The second kappa shape index (κ2) is 4.22. The average molecular weight is 400 g/mol. The minimum atomic E-state index is 0.0572. The van der Waals surface area contributed by atoms with Crippen molar-refractivity contribution in [2.24, 2.45) is 21.7 Å². The summed E-state index contributed by atoms with van der Waals surface area (Å²) in [4.78, 5) is 1.47. The van der Waals surface area contributed by atoms with Crippen molar-refractivity contribution in [2.75, 3.05) is 0 Å². The molecule has 136 valence electrons. The van der Waals surface area contributed by atoms with E-state index in [0.717, 1.165) is 14.4 Å². The topological polar surface area (TPSA) is 0 Å².